The Morgan fingerprint density at radius 1 is 0.733 bits per heavy atom. The summed E-state index contributed by atoms with van der Waals surface area (Å²) in [5, 5.41) is 8.49. The van der Waals surface area contributed by atoms with E-state index in [0.29, 0.717) is 0 Å². The van der Waals surface area contributed by atoms with E-state index in [0.717, 1.165) is 0 Å². The third-order valence-corrected chi connectivity index (χ3v) is 1.19. The summed E-state index contributed by atoms with van der Waals surface area (Å²) in [6, 6.07) is 0. The fourth-order valence-electron chi connectivity index (χ4n) is 0.593. The number of rotatable bonds is 0. The number of hydrogen-bond donors (Lipinski definition) is 1. The molecule has 0 spiro atoms. The number of hydrogen-bond acceptors (Lipinski definition) is 1. The molecule has 8 heteroatoms. The lowest BCUT2D eigenvalue weighted by Crippen LogP contribution is -2.00. The second-order valence-electron chi connectivity index (χ2n) is 2.02. The highest BCUT2D eigenvalue weighted by atomic mass is 35.5. The third-order valence-electron chi connectivity index (χ3n) is 1.19. The quantitative estimate of drug-likeness (QED) is 0.330. The van der Waals surface area contributed by atoms with E-state index >= 15 is 0 Å². The van der Waals surface area contributed by atoms with Crippen molar-refractivity contribution in [2.45, 2.75) is 0 Å². The molecule has 1 nitrogen and oxygen atoms in total. The van der Waals surface area contributed by atoms with E-state index in [1.807, 2.05) is 0 Å². The number of aromatic hydroxyl groups is 1. The minimum absolute atomic E-state index is 0.194. The van der Waals surface area contributed by atoms with Crippen LogP contribution in [-0.4, -0.2) is 10.4 Å². The fraction of sp³-hybridized carbons (Fsp3) is 0.143. The van der Waals surface area contributed by atoms with Crippen molar-refractivity contribution >= 4 is 23.2 Å². The van der Waals surface area contributed by atoms with Crippen molar-refractivity contribution in [2.24, 2.45) is 0 Å². The molecular formula is C7H3Cl2F5O. The van der Waals surface area contributed by atoms with Crippen LogP contribution in [0.2, 0.25) is 0 Å². The van der Waals surface area contributed by atoms with Crippen LogP contribution in [0, 0.1) is 29.1 Å². The Kier molecular flexibility index (Phi) is 5.67. The topological polar surface area (TPSA) is 20.2 Å². The fourth-order valence-corrected chi connectivity index (χ4v) is 0.593. The van der Waals surface area contributed by atoms with Crippen molar-refractivity contribution in [2.75, 3.05) is 5.34 Å². The van der Waals surface area contributed by atoms with Crippen LogP contribution in [0.25, 0.3) is 0 Å². The Bertz CT molecular complexity index is 253. The first-order chi connectivity index (χ1) is 6.88. The van der Waals surface area contributed by atoms with Crippen LogP contribution >= 0.6 is 23.2 Å². The average molecular weight is 269 g/mol. The van der Waals surface area contributed by atoms with Gasteiger partial charge in [-0.3, -0.25) is 0 Å². The molecular weight excluding hydrogens is 266 g/mol. The molecule has 0 aliphatic rings. The molecule has 1 N–H and O–H groups in total. The molecule has 0 saturated carbocycles. The maximum atomic E-state index is 12.2. The lowest BCUT2D eigenvalue weighted by Gasteiger charge is -2.00. The van der Waals surface area contributed by atoms with Gasteiger partial charge in [0.05, 0.1) is 5.34 Å². The molecule has 0 amide bonds. The van der Waals surface area contributed by atoms with Crippen molar-refractivity contribution in [3.63, 3.8) is 0 Å². The second-order valence-corrected chi connectivity index (χ2v) is 2.83. The van der Waals surface area contributed by atoms with Gasteiger partial charge in [-0.1, -0.05) is 0 Å². The summed E-state index contributed by atoms with van der Waals surface area (Å²) in [6.07, 6.45) is 0. The number of halogens is 7. The van der Waals surface area contributed by atoms with Gasteiger partial charge in [0.15, 0.2) is 5.75 Å². The Hall–Kier alpha value is -0.750. The summed E-state index contributed by atoms with van der Waals surface area (Å²) in [4.78, 5) is 0. The number of phenols is 1. The molecule has 0 aromatic heterocycles. The highest BCUT2D eigenvalue weighted by molar-refractivity contribution is 6.40. The maximum absolute atomic E-state index is 12.2. The molecule has 0 radical (unpaired) electrons. The highest BCUT2D eigenvalue weighted by Crippen LogP contribution is 2.27. The second kappa shape index (κ2) is 5.97. The van der Waals surface area contributed by atoms with Crippen molar-refractivity contribution in [1.29, 1.82) is 0 Å². The average Bonchev–Trinajstić information content (AvgIpc) is 2.22. The van der Waals surface area contributed by atoms with Crippen LogP contribution in [0.15, 0.2) is 0 Å². The summed E-state index contributed by atoms with van der Waals surface area (Å²) < 4.78 is 60.6. The van der Waals surface area contributed by atoms with Crippen LogP contribution in [0.1, 0.15) is 0 Å². The minimum Gasteiger partial charge on any atom is -0.503 e. The third kappa shape index (κ3) is 3.10. The van der Waals surface area contributed by atoms with Crippen LogP contribution in [-0.2, 0) is 0 Å². The van der Waals surface area contributed by atoms with E-state index in [4.69, 9.17) is 28.3 Å². The normalized spacial score (nSPS) is 9.53. The SMILES string of the molecule is ClCCl.Oc1c(F)c(F)c(F)c(F)c1F. The predicted octanol–water partition coefficient (Wildman–Crippen LogP) is 3.51. The van der Waals surface area contributed by atoms with Crippen molar-refractivity contribution in [3.05, 3.63) is 29.1 Å². The maximum Gasteiger partial charge on any atom is 0.206 e. The van der Waals surface area contributed by atoms with Gasteiger partial charge in [0.25, 0.3) is 0 Å². The smallest absolute Gasteiger partial charge is 0.206 e. The van der Waals surface area contributed by atoms with Gasteiger partial charge >= 0.3 is 0 Å². The van der Waals surface area contributed by atoms with E-state index in [2.05, 4.69) is 0 Å². The van der Waals surface area contributed by atoms with Gasteiger partial charge in [0, 0.05) is 0 Å². The standard InChI is InChI=1S/C6HF5O.CH2Cl2/c7-1-2(8)4(10)6(12)5(11)3(1)9;2-1-3/h12H;1H2. The minimum atomic E-state index is -2.29. The molecule has 0 saturated heterocycles. The van der Waals surface area contributed by atoms with Crippen molar-refractivity contribution in [1.82, 2.24) is 0 Å². The molecule has 1 rings (SSSR count). The number of phenolic OH excluding ortho intramolecular Hbond substituents is 1. The summed E-state index contributed by atoms with van der Waals surface area (Å²) in [7, 11) is 0. The molecule has 0 atom stereocenters. The molecule has 0 heterocycles. The zero-order valence-corrected chi connectivity index (χ0v) is 8.31. The van der Waals surface area contributed by atoms with Gasteiger partial charge < -0.3 is 5.11 Å². The summed E-state index contributed by atoms with van der Waals surface area (Å²) in [6.45, 7) is 0. The zero-order valence-electron chi connectivity index (χ0n) is 6.80. The van der Waals surface area contributed by atoms with E-state index in [-0.39, 0.29) is 5.34 Å². The summed E-state index contributed by atoms with van der Waals surface area (Å²) in [5.41, 5.74) is 0. The molecule has 1 aromatic rings. The first kappa shape index (κ1) is 14.2. The Morgan fingerprint density at radius 3 is 1.20 bits per heavy atom. The largest absolute Gasteiger partial charge is 0.503 e. The summed E-state index contributed by atoms with van der Waals surface area (Å²) >= 11 is 9.53. The lowest BCUT2D eigenvalue weighted by molar-refractivity contribution is 0.325. The van der Waals surface area contributed by atoms with Crippen molar-refractivity contribution < 1.29 is 27.1 Å². The number of alkyl halides is 2. The van der Waals surface area contributed by atoms with Crippen LogP contribution in [0.5, 0.6) is 5.75 Å². The lowest BCUT2D eigenvalue weighted by atomic mass is 10.3. The van der Waals surface area contributed by atoms with Crippen LogP contribution in [0.3, 0.4) is 0 Å². The van der Waals surface area contributed by atoms with Crippen molar-refractivity contribution in [3.8, 4) is 5.75 Å². The first-order valence-electron chi connectivity index (χ1n) is 3.20. The zero-order chi connectivity index (χ0) is 12.2. The molecule has 0 aliphatic carbocycles. The molecule has 0 bridgehead atoms. The molecule has 15 heavy (non-hydrogen) atoms. The first-order valence-corrected chi connectivity index (χ1v) is 4.27. The van der Waals surface area contributed by atoms with Gasteiger partial charge in [-0.15, -0.1) is 23.2 Å². The van der Waals surface area contributed by atoms with Gasteiger partial charge in [0.1, 0.15) is 0 Å². The van der Waals surface area contributed by atoms with Crippen LogP contribution < -0.4 is 0 Å². The highest BCUT2D eigenvalue weighted by Gasteiger charge is 2.24. The molecule has 0 aliphatic heterocycles. The van der Waals surface area contributed by atoms with Crippen LogP contribution in [0.4, 0.5) is 22.0 Å². The monoisotopic (exact) mass is 268 g/mol. The molecule has 86 valence electrons. The van der Waals surface area contributed by atoms with Gasteiger partial charge in [-0.2, -0.15) is 8.78 Å². The Balaban J connectivity index is 0.000000583. The Morgan fingerprint density at radius 2 is 0.933 bits per heavy atom. The molecule has 1 aromatic carbocycles. The van der Waals surface area contributed by atoms with Gasteiger partial charge in [-0.05, 0) is 0 Å². The number of benzene rings is 1. The molecule has 0 unspecified atom stereocenters. The summed E-state index contributed by atoms with van der Waals surface area (Å²) in [5.74, 6) is -12.9. The predicted molar refractivity (Wildman–Crippen MR) is 44.5 cm³/mol. The Labute approximate surface area is 91.0 Å². The molecule has 0 fully saturated rings. The van der Waals surface area contributed by atoms with E-state index in [1.54, 1.807) is 0 Å². The van der Waals surface area contributed by atoms with E-state index < -0.39 is 34.8 Å². The van der Waals surface area contributed by atoms with Gasteiger partial charge in [0.2, 0.25) is 29.1 Å². The van der Waals surface area contributed by atoms with E-state index in [1.165, 1.54) is 0 Å². The van der Waals surface area contributed by atoms with Gasteiger partial charge in [-0.25, -0.2) is 13.2 Å². The van der Waals surface area contributed by atoms with E-state index in [9.17, 15) is 22.0 Å².